The van der Waals surface area contributed by atoms with Crippen LogP contribution in [0, 0.1) is 13.8 Å². The second kappa shape index (κ2) is 7.99. The Morgan fingerprint density at radius 1 is 1.29 bits per heavy atom. The van der Waals surface area contributed by atoms with Crippen LogP contribution in [-0.2, 0) is 6.54 Å². The van der Waals surface area contributed by atoms with E-state index >= 15 is 0 Å². The van der Waals surface area contributed by atoms with Crippen LogP contribution in [0.4, 0.5) is 4.79 Å². The molecule has 0 atom stereocenters. The first-order valence-corrected chi connectivity index (χ1v) is 8.49. The highest BCUT2D eigenvalue weighted by Gasteiger charge is 2.17. The molecule has 5 nitrogen and oxygen atoms in total. The molecule has 1 heterocycles. The molecule has 5 heteroatoms. The van der Waals surface area contributed by atoms with E-state index in [4.69, 9.17) is 4.52 Å². The zero-order valence-electron chi connectivity index (χ0n) is 15.2. The van der Waals surface area contributed by atoms with Crippen molar-refractivity contribution in [2.24, 2.45) is 0 Å². The van der Waals surface area contributed by atoms with Crippen LogP contribution in [0.25, 0.3) is 11.3 Å². The number of hydrogen-bond acceptors (Lipinski definition) is 3. The van der Waals surface area contributed by atoms with Crippen LogP contribution < -0.4 is 5.32 Å². The predicted molar refractivity (Wildman–Crippen MR) is 95.8 cm³/mol. The van der Waals surface area contributed by atoms with Crippen LogP contribution in [0.3, 0.4) is 0 Å². The summed E-state index contributed by atoms with van der Waals surface area (Å²) in [5, 5.41) is 7.08. The van der Waals surface area contributed by atoms with Crippen molar-refractivity contribution >= 4 is 6.03 Å². The van der Waals surface area contributed by atoms with E-state index < -0.39 is 0 Å². The zero-order chi connectivity index (χ0) is 17.7. The van der Waals surface area contributed by atoms with E-state index in [2.05, 4.69) is 49.4 Å². The second-order valence-corrected chi connectivity index (χ2v) is 6.53. The first kappa shape index (κ1) is 18.0. The van der Waals surface area contributed by atoms with Crippen LogP contribution in [0.5, 0.6) is 0 Å². The van der Waals surface area contributed by atoms with Crippen LogP contribution >= 0.6 is 0 Å². The summed E-state index contributed by atoms with van der Waals surface area (Å²) in [4.78, 5) is 14.0. The summed E-state index contributed by atoms with van der Waals surface area (Å²) in [5.41, 5.74) is 4.13. The lowest BCUT2D eigenvalue weighted by atomic mass is 10.0. The molecule has 0 aliphatic rings. The fourth-order valence-corrected chi connectivity index (χ4v) is 2.57. The van der Waals surface area contributed by atoms with Gasteiger partial charge in [0.25, 0.3) is 0 Å². The molecular formula is C19H27N3O2. The normalized spacial score (nSPS) is 10.9. The van der Waals surface area contributed by atoms with E-state index in [-0.39, 0.29) is 12.1 Å². The van der Waals surface area contributed by atoms with Gasteiger partial charge in [0, 0.05) is 24.2 Å². The number of carbonyl (C=O) groups excluding carboxylic acids is 1. The Balaban J connectivity index is 2.16. The average molecular weight is 329 g/mol. The van der Waals surface area contributed by atoms with Gasteiger partial charge in [-0.05, 0) is 45.7 Å². The molecule has 0 saturated heterocycles. The van der Waals surface area contributed by atoms with E-state index in [0.29, 0.717) is 13.1 Å². The summed E-state index contributed by atoms with van der Waals surface area (Å²) in [7, 11) is 0. The summed E-state index contributed by atoms with van der Waals surface area (Å²) >= 11 is 0. The second-order valence-electron chi connectivity index (χ2n) is 6.53. The van der Waals surface area contributed by atoms with Crippen LogP contribution in [-0.4, -0.2) is 28.7 Å². The third-order valence-electron chi connectivity index (χ3n) is 3.76. The molecule has 0 aliphatic carbocycles. The number of rotatable bonds is 6. The van der Waals surface area contributed by atoms with Gasteiger partial charge in [-0.3, -0.25) is 0 Å². The maximum Gasteiger partial charge on any atom is 0.317 e. The maximum atomic E-state index is 12.3. The van der Waals surface area contributed by atoms with Crippen molar-refractivity contribution in [1.82, 2.24) is 15.4 Å². The Bertz CT molecular complexity index is 692. The lowest BCUT2D eigenvalue weighted by Crippen LogP contribution is -2.42. The van der Waals surface area contributed by atoms with Gasteiger partial charge in [-0.1, -0.05) is 29.8 Å². The molecule has 0 bridgehead atoms. The smallest absolute Gasteiger partial charge is 0.317 e. The van der Waals surface area contributed by atoms with Gasteiger partial charge in [0.1, 0.15) is 5.69 Å². The fourth-order valence-electron chi connectivity index (χ4n) is 2.57. The molecule has 2 amide bonds. The predicted octanol–water partition coefficient (Wildman–Crippen LogP) is 4.29. The van der Waals surface area contributed by atoms with Crippen molar-refractivity contribution in [2.75, 3.05) is 6.54 Å². The van der Waals surface area contributed by atoms with Crippen molar-refractivity contribution in [2.45, 2.75) is 53.6 Å². The third-order valence-corrected chi connectivity index (χ3v) is 3.76. The van der Waals surface area contributed by atoms with Gasteiger partial charge in [0.15, 0.2) is 5.76 Å². The molecule has 1 aromatic heterocycles. The van der Waals surface area contributed by atoms with Gasteiger partial charge in [-0.2, -0.15) is 0 Å². The number of aryl methyl sites for hydroxylation is 2. The summed E-state index contributed by atoms with van der Waals surface area (Å²) in [6, 6.07) is 8.21. The molecule has 1 aromatic carbocycles. The topological polar surface area (TPSA) is 58.4 Å². The average Bonchev–Trinajstić information content (AvgIpc) is 2.97. The Morgan fingerprint density at radius 3 is 2.71 bits per heavy atom. The van der Waals surface area contributed by atoms with Crippen LogP contribution in [0.15, 0.2) is 28.8 Å². The number of carbonyl (C=O) groups is 1. The number of aromatic nitrogens is 1. The Hall–Kier alpha value is -2.30. The van der Waals surface area contributed by atoms with Gasteiger partial charge >= 0.3 is 6.03 Å². The van der Waals surface area contributed by atoms with Gasteiger partial charge in [0.2, 0.25) is 0 Å². The summed E-state index contributed by atoms with van der Waals surface area (Å²) < 4.78 is 5.52. The highest BCUT2D eigenvalue weighted by molar-refractivity contribution is 5.74. The number of amides is 2. The van der Waals surface area contributed by atoms with E-state index in [1.807, 2.05) is 19.9 Å². The minimum Gasteiger partial charge on any atom is -0.356 e. The molecule has 2 aromatic rings. The summed E-state index contributed by atoms with van der Waals surface area (Å²) in [6.45, 7) is 11.2. The Morgan fingerprint density at radius 2 is 2.04 bits per heavy atom. The van der Waals surface area contributed by atoms with Gasteiger partial charge in [-0.25, -0.2) is 4.79 Å². The number of urea groups is 1. The van der Waals surface area contributed by atoms with E-state index in [9.17, 15) is 4.79 Å². The van der Waals surface area contributed by atoms with Crippen molar-refractivity contribution < 1.29 is 9.32 Å². The quantitative estimate of drug-likeness (QED) is 0.860. The molecule has 0 spiro atoms. The number of hydrogen-bond donors (Lipinski definition) is 1. The van der Waals surface area contributed by atoms with E-state index in [1.165, 1.54) is 5.56 Å². The standard InChI is InChI=1S/C19H27N3O2/c1-6-9-22(19(23)20-13(2)3)12-16-11-18(24-21-16)17-10-14(4)7-8-15(17)5/h7-8,10-11,13H,6,9,12H2,1-5H3,(H,20,23). The first-order chi connectivity index (χ1) is 11.4. The molecule has 130 valence electrons. The first-order valence-electron chi connectivity index (χ1n) is 8.49. The molecule has 1 N–H and O–H groups in total. The van der Waals surface area contributed by atoms with Gasteiger partial charge < -0.3 is 14.7 Å². The maximum absolute atomic E-state index is 12.3. The molecule has 0 radical (unpaired) electrons. The van der Waals surface area contributed by atoms with Gasteiger partial charge in [0.05, 0.1) is 6.54 Å². The lowest BCUT2D eigenvalue weighted by Gasteiger charge is -2.22. The number of nitrogens with zero attached hydrogens (tertiary/aromatic N) is 2. The molecule has 2 rings (SSSR count). The summed E-state index contributed by atoms with van der Waals surface area (Å²) in [5.74, 6) is 0.743. The van der Waals surface area contributed by atoms with Crippen molar-refractivity contribution in [3.63, 3.8) is 0 Å². The van der Waals surface area contributed by atoms with Gasteiger partial charge in [-0.15, -0.1) is 0 Å². The zero-order valence-corrected chi connectivity index (χ0v) is 15.2. The van der Waals surface area contributed by atoms with Crippen LogP contribution in [0.1, 0.15) is 44.0 Å². The molecule has 0 saturated carbocycles. The minimum atomic E-state index is -0.0665. The van der Waals surface area contributed by atoms with Crippen molar-refractivity contribution in [3.8, 4) is 11.3 Å². The number of nitrogens with one attached hydrogen (secondary N) is 1. The molecular weight excluding hydrogens is 302 g/mol. The lowest BCUT2D eigenvalue weighted by molar-refractivity contribution is 0.191. The highest BCUT2D eigenvalue weighted by Crippen LogP contribution is 2.25. The van der Waals surface area contributed by atoms with Crippen LogP contribution in [0.2, 0.25) is 0 Å². The molecule has 0 unspecified atom stereocenters. The Labute approximate surface area is 144 Å². The fraction of sp³-hybridized carbons (Fsp3) is 0.474. The highest BCUT2D eigenvalue weighted by atomic mass is 16.5. The largest absolute Gasteiger partial charge is 0.356 e. The molecule has 0 aliphatic heterocycles. The SMILES string of the molecule is CCCN(Cc1cc(-c2cc(C)ccc2C)on1)C(=O)NC(C)C. The van der Waals surface area contributed by atoms with Crippen molar-refractivity contribution in [3.05, 3.63) is 41.1 Å². The van der Waals surface area contributed by atoms with E-state index in [1.54, 1.807) is 4.90 Å². The van der Waals surface area contributed by atoms with Crippen molar-refractivity contribution in [1.29, 1.82) is 0 Å². The molecule has 24 heavy (non-hydrogen) atoms. The minimum absolute atomic E-state index is 0.0665. The molecule has 0 fully saturated rings. The van der Waals surface area contributed by atoms with E-state index in [0.717, 1.165) is 29.0 Å². The monoisotopic (exact) mass is 329 g/mol. The number of benzene rings is 1. The third kappa shape index (κ3) is 4.60. The Kier molecular flexibility index (Phi) is 6.01. The summed E-state index contributed by atoms with van der Waals surface area (Å²) in [6.07, 6.45) is 0.896.